The second kappa shape index (κ2) is 7.68. The quantitative estimate of drug-likeness (QED) is 0.290. The maximum Gasteiger partial charge on any atom is 0.319 e. The summed E-state index contributed by atoms with van der Waals surface area (Å²) < 4.78 is 0. The Balaban J connectivity index is 1.61. The Kier molecular flexibility index (Phi) is 4.84. The van der Waals surface area contributed by atoms with Gasteiger partial charge in [0.05, 0.1) is 17.3 Å². The number of nitrogens with two attached hydrogens (primary N) is 1. The minimum absolute atomic E-state index is 0.286. The molecule has 31 heavy (non-hydrogen) atoms. The van der Waals surface area contributed by atoms with Crippen molar-refractivity contribution in [2.24, 2.45) is 0 Å². The molecule has 6 nitrogen and oxygen atoms in total. The van der Waals surface area contributed by atoms with E-state index in [1.165, 1.54) is 11.3 Å². The summed E-state index contributed by atoms with van der Waals surface area (Å²) in [5, 5.41) is 9.95. The first kappa shape index (κ1) is 19.5. The third kappa shape index (κ3) is 3.62. The largest absolute Gasteiger partial charge is 0.399 e. The first-order chi connectivity index (χ1) is 15.0. The van der Waals surface area contributed by atoms with Gasteiger partial charge in [-0.15, -0.1) is 11.3 Å². The van der Waals surface area contributed by atoms with Crippen molar-refractivity contribution in [2.45, 2.75) is 13.0 Å². The summed E-state index contributed by atoms with van der Waals surface area (Å²) in [7, 11) is 0. The topological polar surface area (TPSA) is 92.9 Å². The Morgan fingerprint density at radius 1 is 1.10 bits per heavy atom. The highest BCUT2D eigenvalue weighted by Gasteiger charge is 2.31. The van der Waals surface area contributed by atoms with E-state index in [0.717, 1.165) is 44.0 Å². The molecule has 1 atom stereocenters. The van der Waals surface area contributed by atoms with Gasteiger partial charge >= 0.3 is 6.03 Å². The van der Waals surface area contributed by atoms with E-state index >= 15 is 0 Å². The molecule has 3 heterocycles. The van der Waals surface area contributed by atoms with Gasteiger partial charge < -0.3 is 16.4 Å². The molecule has 0 aliphatic carbocycles. The molecular formula is C23H18ClN5OS. The molecule has 0 fully saturated rings. The molecule has 154 valence electrons. The monoisotopic (exact) mass is 447 g/mol. The third-order valence-corrected chi connectivity index (χ3v) is 6.40. The van der Waals surface area contributed by atoms with Crippen molar-refractivity contribution in [3.63, 3.8) is 0 Å². The van der Waals surface area contributed by atoms with E-state index in [2.05, 4.69) is 15.6 Å². The fourth-order valence-electron chi connectivity index (χ4n) is 3.71. The van der Waals surface area contributed by atoms with Crippen molar-refractivity contribution in [3.8, 4) is 11.3 Å². The predicted octanol–water partition coefficient (Wildman–Crippen LogP) is 5.38. The van der Waals surface area contributed by atoms with Crippen LogP contribution in [0.3, 0.4) is 0 Å². The summed E-state index contributed by atoms with van der Waals surface area (Å²) in [6, 6.07) is 16.6. The SMILES string of the molecule is CC1=C(c2nc(-c3ccc(N)cc3)cs2)C(c2cc3ccccc3nc2Cl)NC(=O)N1. The maximum atomic E-state index is 12.3. The Bertz CT molecular complexity index is 1350. The zero-order valence-electron chi connectivity index (χ0n) is 16.5. The lowest BCUT2D eigenvalue weighted by Crippen LogP contribution is -2.43. The minimum Gasteiger partial charge on any atom is -0.399 e. The van der Waals surface area contributed by atoms with Crippen LogP contribution < -0.4 is 16.4 Å². The van der Waals surface area contributed by atoms with Crippen LogP contribution in [-0.2, 0) is 0 Å². The Hall–Kier alpha value is -3.42. The fraction of sp³-hybridized carbons (Fsp3) is 0.0870. The third-order valence-electron chi connectivity index (χ3n) is 5.23. The van der Waals surface area contributed by atoms with Crippen LogP contribution in [0, 0.1) is 0 Å². The zero-order valence-corrected chi connectivity index (χ0v) is 18.1. The number of carbonyl (C=O) groups is 1. The molecule has 0 bridgehead atoms. The average molecular weight is 448 g/mol. The molecule has 1 aliphatic rings. The number of hydrogen-bond donors (Lipinski definition) is 3. The molecule has 0 saturated carbocycles. The summed E-state index contributed by atoms with van der Waals surface area (Å²) in [5.41, 5.74) is 11.5. The lowest BCUT2D eigenvalue weighted by molar-refractivity contribution is 0.240. The van der Waals surface area contributed by atoms with Crippen molar-refractivity contribution in [1.29, 1.82) is 0 Å². The molecule has 2 aromatic heterocycles. The van der Waals surface area contributed by atoms with E-state index in [0.29, 0.717) is 10.8 Å². The van der Waals surface area contributed by atoms with E-state index in [-0.39, 0.29) is 6.03 Å². The van der Waals surface area contributed by atoms with E-state index in [1.807, 2.05) is 66.9 Å². The number of nitrogens with one attached hydrogen (secondary N) is 2. The molecule has 0 saturated heterocycles. The number of hydrogen-bond acceptors (Lipinski definition) is 5. The molecule has 2 amide bonds. The number of aromatic nitrogens is 2. The normalized spacial score (nSPS) is 16.3. The molecule has 0 spiro atoms. The molecule has 1 aliphatic heterocycles. The Labute approximate surface area is 187 Å². The highest BCUT2D eigenvalue weighted by molar-refractivity contribution is 7.11. The van der Waals surface area contributed by atoms with Gasteiger partial charge in [-0.3, -0.25) is 0 Å². The van der Waals surface area contributed by atoms with Gasteiger partial charge in [-0.2, -0.15) is 0 Å². The van der Waals surface area contributed by atoms with E-state index < -0.39 is 6.04 Å². The number of allylic oxidation sites excluding steroid dienone is 1. The summed E-state index contributed by atoms with van der Waals surface area (Å²) in [5.74, 6) is 0. The number of benzene rings is 2. The van der Waals surface area contributed by atoms with Crippen LogP contribution >= 0.6 is 22.9 Å². The van der Waals surface area contributed by atoms with Crippen LogP contribution in [0.5, 0.6) is 0 Å². The lowest BCUT2D eigenvalue weighted by atomic mass is 9.96. The highest BCUT2D eigenvalue weighted by Crippen LogP contribution is 2.40. The first-order valence-corrected chi connectivity index (χ1v) is 10.9. The van der Waals surface area contributed by atoms with Gasteiger partial charge in [0.15, 0.2) is 0 Å². The van der Waals surface area contributed by atoms with Gasteiger partial charge in [0.2, 0.25) is 0 Å². The highest BCUT2D eigenvalue weighted by atomic mass is 35.5. The molecule has 5 rings (SSSR count). The minimum atomic E-state index is -0.469. The summed E-state index contributed by atoms with van der Waals surface area (Å²) >= 11 is 8.08. The second-order valence-corrected chi connectivity index (χ2v) is 8.51. The Morgan fingerprint density at radius 3 is 2.68 bits per heavy atom. The van der Waals surface area contributed by atoms with Crippen molar-refractivity contribution >= 4 is 51.1 Å². The van der Waals surface area contributed by atoms with Crippen LogP contribution in [0.2, 0.25) is 5.15 Å². The molecular weight excluding hydrogens is 430 g/mol. The number of thiazole rings is 1. The number of carbonyl (C=O) groups excluding carboxylic acids is 1. The van der Waals surface area contributed by atoms with Crippen LogP contribution in [-0.4, -0.2) is 16.0 Å². The Morgan fingerprint density at radius 2 is 1.87 bits per heavy atom. The molecule has 2 aromatic carbocycles. The van der Waals surface area contributed by atoms with Gasteiger partial charge in [0.25, 0.3) is 0 Å². The average Bonchev–Trinajstić information content (AvgIpc) is 3.23. The number of pyridine rings is 1. The van der Waals surface area contributed by atoms with Gasteiger partial charge in [0, 0.05) is 38.9 Å². The van der Waals surface area contributed by atoms with E-state index in [4.69, 9.17) is 22.3 Å². The number of rotatable bonds is 3. The van der Waals surface area contributed by atoms with Crippen LogP contribution in [0.4, 0.5) is 10.5 Å². The number of nitrogen functional groups attached to an aromatic ring is 1. The van der Waals surface area contributed by atoms with E-state index in [1.54, 1.807) is 0 Å². The van der Waals surface area contributed by atoms with Gasteiger partial charge in [-0.25, -0.2) is 14.8 Å². The summed E-state index contributed by atoms with van der Waals surface area (Å²) in [6.07, 6.45) is 0. The molecule has 4 N–H and O–H groups in total. The number of urea groups is 1. The van der Waals surface area contributed by atoms with Crippen molar-refractivity contribution in [3.05, 3.63) is 81.4 Å². The number of fused-ring (bicyclic) bond motifs is 1. The predicted molar refractivity (Wildman–Crippen MR) is 126 cm³/mol. The number of anilines is 1. The number of halogens is 1. The van der Waals surface area contributed by atoms with Crippen LogP contribution in [0.25, 0.3) is 27.7 Å². The number of amides is 2. The van der Waals surface area contributed by atoms with Crippen LogP contribution in [0.1, 0.15) is 23.5 Å². The number of para-hydroxylation sites is 1. The molecule has 8 heteroatoms. The van der Waals surface area contributed by atoms with Gasteiger partial charge in [-0.05, 0) is 31.2 Å². The number of nitrogens with zero attached hydrogens (tertiary/aromatic N) is 2. The second-order valence-electron chi connectivity index (χ2n) is 7.29. The maximum absolute atomic E-state index is 12.3. The lowest BCUT2D eigenvalue weighted by Gasteiger charge is -2.28. The van der Waals surface area contributed by atoms with Gasteiger partial charge in [-0.1, -0.05) is 41.9 Å². The molecule has 4 aromatic rings. The van der Waals surface area contributed by atoms with Gasteiger partial charge in [0.1, 0.15) is 10.2 Å². The van der Waals surface area contributed by atoms with Crippen molar-refractivity contribution in [1.82, 2.24) is 20.6 Å². The first-order valence-electron chi connectivity index (χ1n) is 9.65. The van der Waals surface area contributed by atoms with Crippen LogP contribution in [0.15, 0.2) is 65.7 Å². The smallest absolute Gasteiger partial charge is 0.319 e. The molecule has 0 radical (unpaired) electrons. The van der Waals surface area contributed by atoms with E-state index in [9.17, 15) is 4.79 Å². The fourth-order valence-corrected chi connectivity index (χ4v) is 4.92. The zero-order chi connectivity index (χ0) is 21.5. The summed E-state index contributed by atoms with van der Waals surface area (Å²) in [4.78, 5) is 21.7. The standard InChI is InChI=1S/C23H18ClN5OS/c1-12-19(22-28-18(11-31-22)13-6-8-15(25)9-7-13)20(29-23(30)26-12)16-10-14-4-2-3-5-17(14)27-21(16)24/h2-11,20H,25H2,1H3,(H2,26,29,30). The van der Waals surface area contributed by atoms with Crippen molar-refractivity contribution < 1.29 is 4.79 Å². The molecule has 1 unspecified atom stereocenters. The summed E-state index contributed by atoms with van der Waals surface area (Å²) in [6.45, 7) is 1.87. The van der Waals surface area contributed by atoms with Crippen molar-refractivity contribution in [2.75, 3.05) is 5.73 Å².